The van der Waals surface area contributed by atoms with E-state index in [9.17, 15) is 4.79 Å². The molecule has 2 rings (SSSR count). The molecule has 0 bridgehead atoms. The highest BCUT2D eigenvalue weighted by Gasteiger charge is 2.10. The third-order valence-electron chi connectivity index (χ3n) is 2.68. The van der Waals surface area contributed by atoms with Gasteiger partial charge in [-0.1, -0.05) is 12.1 Å². The van der Waals surface area contributed by atoms with Crippen molar-refractivity contribution in [3.63, 3.8) is 0 Å². The molecule has 1 N–H and O–H groups in total. The SMILES string of the molecule is Cc1cccc(NC(=O)N(C)Cc2csc(C)n2)c1. The Balaban J connectivity index is 1.96. The van der Waals surface area contributed by atoms with Crippen molar-refractivity contribution in [3.8, 4) is 0 Å². The fourth-order valence-electron chi connectivity index (χ4n) is 1.74. The zero-order chi connectivity index (χ0) is 13.8. The van der Waals surface area contributed by atoms with Crippen molar-refractivity contribution in [2.75, 3.05) is 12.4 Å². The number of anilines is 1. The second-order valence-corrected chi connectivity index (χ2v) is 5.58. The molecule has 0 aliphatic rings. The Morgan fingerprint density at radius 2 is 2.21 bits per heavy atom. The van der Waals surface area contributed by atoms with E-state index in [1.54, 1.807) is 23.3 Å². The van der Waals surface area contributed by atoms with Crippen LogP contribution in [0.4, 0.5) is 10.5 Å². The first-order chi connectivity index (χ1) is 9.04. The number of aromatic nitrogens is 1. The van der Waals surface area contributed by atoms with Gasteiger partial charge in [-0.2, -0.15) is 0 Å². The van der Waals surface area contributed by atoms with Crippen LogP contribution in [0.1, 0.15) is 16.3 Å². The third kappa shape index (κ3) is 3.79. The molecule has 0 saturated heterocycles. The number of hydrogen-bond donors (Lipinski definition) is 1. The van der Waals surface area contributed by atoms with Crippen molar-refractivity contribution in [3.05, 3.63) is 45.9 Å². The molecule has 19 heavy (non-hydrogen) atoms. The lowest BCUT2D eigenvalue weighted by atomic mass is 10.2. The molecule has 100 valence electrons. The van der Waals surface area contributed by atoms with Crippen LogP contribution in [-0.4, -0.2) is 23.0 Å². The highest BCUT2D eigenvalue weighted by atomic mass is 32.1. The van der Waals surface area contributed by atoms with Crippen molar-refractivity contribution >= 4 is 23.1 Å². The molecule has 2 amide bonds. The maximum Gasteiger partial charge on any atom is 0.321 e. The van der Waals surface area contributed by atoms with Crippen LogP contribution in [0.15, 0.2) is 29.6 Å². The predicted octanol–water partition coefficient (Wildman–Crippen LogP) is 3.42. The summed E-state index contributed by atoms with van der Waals surface area (Å²) >= 11 is 1.59. The van der Waals surface area contributed by atoms with Gasteiger partial charge in [0.05, 0.1) is 17.2 Å². The van der Waals surface area contributed by atoms with Gasteiger partial charge in [-0.15, -0.1) is 11.3 Å². The first-order valence-corrected chi connectivity index (χ1v) is 6.92. The number of benzene rings is 1. The van der Waals surface area contributed by atoms with E-state index in [-0.39, 0.29) is 6.03 Å². The molecule has 0 saturated carbocycles. The van der Waals surface area contributed by atoms with Crippen molar-refractivity contribution in [2.45, 2.75) is 20.4 Å². The molecular weight excluding hydrogens is 258 g/mol. The lowest BCUT2D eigenvalue weighted by molar-refractivity contribution is 0.220. The molecule has 1 aromatic carbocycles. The summed E-state index contributed by atoms with van der Waals surface area (Å²) < 4.78 is 0. The number of hydrogen-bond acceptors (Lipinski definition) is 3. The standard InChI is InChI=1S/C14H17N3OS/c1-10-5-4-6-12(7-10)16-14(18)17(3)8-13-9-19-11(2)15-13/h4-7,9H,8H2,1-3H3,(H,16,18). The smallest absolute Gasteiger partial charge is 0.321 e. The second kappa shape index (κ2) is 5.84. The molecule has 1 aromatic heterocycles. The number of carbonyl (C=O) groups excluding carboxylic acids is 1. The lowest BCUT2D eigenvalue weighted by Gasteiger charge is -2.17. The van der Waals surface area contributed by atoms with Crippen LogP contribution < -0.4 is 5.32 Å². The van der Waals surface area contributed by atoms with Crippen LogP contribution in [0, 0.1) is 13.8 Å². The summed E-state index contributed by atoms with van der Waals surface area (Å²) in [6.45, 7) is 4.47. The van der Waals surface area contributed by atoms with Crippen LogP contribution in [0.5, 0.6) is 0 Å². The van der Waals surface area contributed by atoms with E-state index in [1.165, 1.54) is 0 Å². The zero-order valence-electron chi connectivity index (χ0n) is 11.3. The van der Waals surface area contributed by atoms with Crippen LogP contribution in [-0.2, 0) is 6.54 Å². The maximum absolute atomic E-state index is 12.0. The van der Waals surface area contributed by atoms with E-state index in [4.69, 9.17) is 0 Å². The fraction of sp³-hybridized carbons (Fsp3) is 0.286. The molecule has 0 spiro atoms. The minimum atomic E-state index is -0.128. The predicted molar refractivity (Wildman–Crippen MR) is 78.5 cm³/mol. The van der Waals surface area contributed by atoms with Gasteiger partial charge < -0.3 is 10.2 Å². The maximum atomic E-state index is 12.0. The first kappa shape index (κ1) is 13.5. The first-order valence-electron chi connectivity index (χ1n) is 6.04. The van der Waals surface area contributed by atoms with E-state index >= 15 is 0 Å². The summed E-state index contributed by atoms with van der Waals surface area (Å²) in [5.74, 6) is 0. The van der Waals surface area contributed by atoms with Crippen LogP contribution >= 0.6 is 11.3 Å². The summed E-state index contributed by atoms with van der Waals surface area (Å²) in [6.07, 6.45) is 0. The van der Waals surface area contributed by atoms with Gasteiger partial charge in [0, 0.05) is 18.1 Å². The molecule has 0 fully saturated rings. The van der Waals surface area contributed by atoms with Gasteiger partial charge in [-0.25, -0.2) is 9.78 Å². The highest BCUT2D eigenvalue weighted by molar-refractivity contribution is 7.09. The van der Waals surface area contributed by atoms with Gasteiger partial charge in [0.2, 0.25) is 0 Å². The minimum absolute atomic E-state index is 0.128. The van der Waals surface area contributed by atoms with Crippen molar-refractivity contribution in [1.82, 2.24) is 9.88 Å². The van der Waals surface area contributed by atoms with E-state index < -0.39 is 0 Å². The van der Waals surface area contributed by atoms with Gasteiger partial charge >= 0.3 is 6.03 Å². The Morgan fingerprint density at radius 1 is 1.42 bits per heavy atom. The number of rotatable bonds is 3. The molecule has 1 heterocycles. The number of aryl methyl sites for hydroxylation is 2. The third-order valence-corrected chi connectivity index (χ3v) is 3.50. The molecule has 0 unspecified atom stereocenters. The summed E-state index contributed by atoms with van der Waals surface area (Å²) in [6, 6.07) is 7.62. The van der Waals surface area contributed by atoms with Crippen LogP contribution in [0.25, 0.3) is 0 Å². The van der Waals surface area contributed by atoms with Crippen molar-refractivity contribution in [2.24, 2.45) is 0 Å². The Bertz CT molecular complexity index is 580. The molecule has 0 aliphatic carbocycles. The van der Waals surface area contributed by atoms with Gasteiger partial charge in [-0.05, 0) is 31.5 Å². The Morgan fingerprint density at radius 3 is 2.84 bits per heavy atom. The Hall–Kier alpha value is -1.88. The van der Waals surface area contributed by atoms with Crippen LogP contribution in [0.3, 0.4) is 0 Å². The highest BCUT2D eigenvalue weighted by Crippen LogP contribution is 2.12. The van der Waals surface area contributed by atoms with Crippen molar-refractivity contribution < 1.29 is 4.79 Å². The summed E-state index contributed by atoms with van der Waals surface area (Å²) in [5, 5.41) is 5.87. The quantitative estimate of drug-likeness (QED) is 0.932. The number of urea groups is 1. The second-order valence-electron chi connectivity index (χ2n) is 4.51. The molecular formula is C14H17N3OS. The number of nitrogens with one attached hydrogen (secondary N) is 1. The summed E-state index contributed by atoms with van der Waals surface area (Å²) in [5.41, 5.74) is 2.85. The van der Waals surface area contributed by atoms with E-state index in [1.807, 2.05) is 43.5 Å². The normalized spacial score (nSPS) is 10.3. The topological polar surface area (TPSA) is 45.2 Å². The van der Waals surface area contributed by atoms with Gasteiger partial charge in [0.25, 0.3) is 0 Å². The Kier molecular flexibility index (Phi) is 4.16. The van der Waals surface area contributed by atoms with Crippen LogP contribution in [0.2, 0.25) is 0 Å². The van der Waals surface area contributed by atoms with Gasteiger partial charge in [-0.3, -0.25) is 0 Å². The molecule has 5 heteroatoms. The number of thiazole rings is 1. The van der Waals surface area contributed by atoms with Gasteiger partial charge in [0.1, 0.15) is 0 Å². The number of nitrogens with zero attached hydrogens (tertiary/aromatic N) is 2. The number of amides is 2. The van der Waals surface area contributed by atoms with Gasteiger partial charge in [0.15, 0.2) is 0 Å². The number of carbonyl (C=O) groups is 1. The monoisotopic (exact) mass is 275 g/mol. The molecule has 2 aromatic rings. The largest absolute Gasteiger partial charge is 0.322 e. The minimum Gasteiger partial charge on any atom is -0.322 e. The lowest BCUT2D eigenvalue weighted by Crippen LogP contribution is -2.30. The van der Waals surface area contributed by atoms with E-state index in [0.29, 0.717) is 6.54 Å². The molecule has 0 radical (unpaired) electrons. The zero-order valence-corrected chi connectivity index (χ0v) is 12.1. The average molecular weight is 275 g/mol. The molecule has 0 atom stereocenters. The molecule has 4 nitrogen and oxygen atoms in total. The van der Waals surface area contributed by atoms with E-state index in [2.05, 4.69) is 10.3 Å². The summed E-state index contributed by atoms with van der Waals surface area (Å²) in [7, 11) is 1.76. The summed E-state index contributed by atoms with van der Waals surface area (Å²) in [4.78, 5) is 18.0. The van der Waals surface area contributed by atoms with Crippen molar-refractivity contribution in [1.29, 1.82) is 0 Å². The average Bonchev–Trinajstić information content (AvgIpc) is 2.74. The van der Waals surface area contributed by atoms with E-state index in [0.717, 1.165) is 22.0 Å². The fourth-order valence-corrected chi connectivity index (χ4v) is 2.34. The molecule has 0 aliphatic heterocycles. The Labute approximate surface area is 117 Å².